The standard InChI is InChI=1S/C24H45NO4/c1-3-5-6-7-8-9-10-11-12-13-14-15-16-18-23(27)25-22(24(28)29)20-19-21(26)17-4-2/h22H,3-20H2,1-2H3,(H,25,27)(H,28,29). The monoisotopic (exact) mass is 411 g/mol. The maximum Gasteiger partial charge on any atom is 0.326 e. The summed E-state index contributed by atoms with van der Waals surface area (Å²) in [6.07, 6.45) is 18.3. The van der Waals surface area contributed by atoms with Gasteiger partial charge in [0.1, 0.15) is 11.8 Å². The molecule has 0 aliphatic heterocycles. The highest BCUT2D eigenvalue weighted by Gasteiger charge is 2.20. The lowest BCUT2D eigenvalue weighted by Gasteiger charge is -2.14. The van der Waals surface area contributed by atoms with E-state index >= 15 is 0 Å². The van der Waals surface area contributed by atoms with E-state index in [-0.39, 0.29) is 24.5 Å². The molecule has 5 nitrogen and oxygen atoms in total. The van der Waals surface area contributed by atoms with Gasteiger partial charge in [0.05, 0.1) is 0 Å². The first-order valence-corrected chi connectivity index (χ1v) is 12.0. The van der Waals surface area contributed by atoms with Crippen LogP contribution in [0.25, 0.3) is 0 Å². The molecule has 29 heavy (non-hydrogen) atoms. The third kappa shape index (κ3) is 18.4. The quantitative estimate of drug-likeness (QED) is 0.221. The summed E-state index contributed by atoms with van der Waals surface area (Å²) in [5.41, 5.74) is 0. The van der Waals surface area contributed by atoms with Crippen LogP contribution in [0.1, 0.15) is 129 Å². The summed E-state index contributed by atoms with van der Waals surface area (Å²) in [7, 11) is 0. The Morgan fingerprint density at radius 2 is 1.14 bits per heavy atom. The van der Waals surface area contributed by atoms with E-state index in [1.165, 1.54) is 64.2 Å². The number of Topliss-reactive ketones (excluding diaryl/α,β-unsaturated/α-hetero) is 1. The summed E-state index contributed by atoms with van der Waals surface area (Å²) in [6.45, 7) is 4.17. The first kappa shape index (κ1) is 27.6. The number of carbonyl (C=O) groups is 3. The molecule has 0 aliphatic carbocycles. The molecule has 0 fully saturated rings. The van der Waals surface area contributed by atoms with Gasteiger partial charge in [-0.25, -0.2) is 4.79 Å². The first-order chi connectivity index (χ1) is 14.0. The molecular weight excluding hydrogens is 366 g/mol. The summed E-state index contributed by atoms with van der Waals surface area (Å²) in [6, 6.07) is -0.953. The van der Waals surface area contributed by atoms with Gasteiger partial charge in [0.25, 0.3) is 0 Å². The molecular formula is C24H45NO4. The number of hydrogen-bond acceptors (Lipinski definition) is 3. The van der Waals surface area contributed by atoms with Crippen molar-refractivity contribution < 1.29 is 19.5 Å². The molecule has 0 aromatic carbocycles. The van der Waals surface area contributed by atoms with Crippen molar-refractivity contribution in [1.82, 2.24) is 5.32 Å². The minimum Gasteiger partial charge on any atom is -0.480 e. The van der Waals surface area contributed by atoms with Crippen LogP contribution in [0.15, 0.2) is 0 Å². The molecule has 2 N–H and O–H groups in total. The highest BCUT2D eigenvalue weighted by molar-refractivity contribution is 5.84. The van der Waals surface area contributed by atoms with Gasteiger partial charge in [-0.3, -0.25) is 9.59 Å². The first-order valence-electron chi connectivity index (χ1n) is 12.0. The second kappa shape index (κ2) is 19.9. The fourth-order valence-electron chi connectivity index (χ4n) is 3.54. The van der Waals surface area contributed by atoms with E-state index in [1.807, 2.05) is 6.92 Å². The second-order valence-corrected chi connectivity index (χ2v) is 8.28. The number of aliphatic carboxylic acids is 1. The Balaban J connectivity index is 3.62. The van der Waals surface area contributed by atoms with Gasteiger partial charge in [0, 0.05) is 19.3 Å². The van der Waals surface area contributed by atoms with E-state index < -0.39 is 12.0 Å². The van der Waals surface area contributed by atoms with Crippen molar-refractivity contribution in [2.45, 2.75) is 135 Å². The number of ketones is 1. The zero-order valence-electron chi connectivity index (χ0n) is 19.0. The normalized spacial score (nSPS) is 11.9. The number of amides is 1. The Labute approximate surface area is 178 Å². The van der Waals surface area contributed by atoms with E-state index in [4.69, 9.17) is 0 Å². The van der Waals surface area contributed by atoms with Crippen molar-refractivity contribution in [1.29, 1.82) is 0 Å². The van der Waals surface area contributed by atoms with Crippen LogP contribution in [0, 0.1) is 0 Å². The molecule has 1 unspecified atom stereocenters. The number of carboxylic acid groups (broad SMARTS) is 1. The SMILES string of the molecule is CCCCCCCCCCCCCCCC(=O)NC(CCC(=O)CCC)C(=O)O. The van der Waals surface area contributed by atoms with Crippen LogP contribution in [0.4, 0.5) is 0 Å². The van der Waals surface area contributed by atoms with Crippen molar-refractivity contribution in [2.24, 2.45) is 0 Å². The van der Waals surface area contributed by atoms with E-state index in [2.05, 4.69) is 12.2 Å². The Hall–Kier alpha value is -1.39. The number of rotatable bonds is 21. The Bertz CT molecular complexity index is 437. The molecule has 5 heteroatoms. The highest BCUT2D eigenvalue weighted by atomic mass is 16.4. The molecule has 170 valence electrons. The van der Waals surface area contributed by atoms with Crippen LogP contribution in [-0.2, 0) is 14.4 Å². The predicted octanol–water partition coefficient (Wildman–Crippen LogP) is 6.19. The van der Waals surface area contributed by atoms with Crippen molar-refractivity contribution >= 4 is 17.7 Å². The van der Waals surface area contributed by atoms with Gasteiger partial charge >= 0.3 is 5.97 Å². The number of unbranched alkanes of at least 4 members (excludes halogenated alkanes) is 12. The van der Waals surface area contributed by atoms with Gasteiger partial charge in [0.2, 0.25) is 5.91 Å². The molecule has 0 saturated carbocycles. The van der Waals surface area contributed by atoms with Gasteiger partial charge < -0.3 is 10.4 Å². The number of hydrogen-bond donors (Lipinski definition) is 2. The number of nitrogens with one attached hydrogen (secondary N) is 1. The van der Waals surface area contributed by atoms with E-state index in [1.54, 1.807) is 0 Å². The molecule has 0 heterocycles. The average Bonchev–Trinajstić information content (AvgIpc) is 2.68. The molecule has 0 aromatic rings. The molecule has 0 radical (unpaired) electrons. The minimum atomic E-state index is -1.06. The van der Waals surface area contributed by atoms with Crippen LogP contribution in [0.3, 0.4) is 0 Å². The third-order valence-electron chi connectivity index (χ3n) is 5.38. The molecule has 0 spiro atoms. The lowest BCUT2D eigenvalue weighted by molar-refractivity contribution is -0.142. The largest absolute Gasteiger partial charge is 0.480 e. The van der Waals surface area contributed by atoms with Crippen molar-refractivity contribution in [3.05, 3.63) is 0 Å². The minimum absolute atomic E-state index is 0.0597. The van der Waals surface area contributed by atoms with E-state index in [0.29, 0.717) is 12.8 Å². The maximum absolute atomic E-state index is 12.0. The van der Waals surface area contributed by atoms with Crippen molar-refractivity contribution in [3.8, 4) is 0 Å². The van der Waals surface area contributed by atoms with Crippen LogP contribution >= 0.6 is 0 Å². The molecule has 1 amide bonds. The summed E-state index contributed by atoms with van der Waals surface area (Å²) < 4.78 is 0. The van der Waals surface area contributed by atoms with E-state index in [9.17, 15) is 19.5 Å². The van der Waals surface area contributed by atoms with Gasteiger partial charge in [-0.2, -0.15) is 0 Å². The molecule has 0 bridgehead atoms. The van der Waals surface area contributed by atoms with Crippen LogP contribution in [0.2, 0.25) is 0 Å². The van der Waals surface area contributed by atoms with Crippen molar-refractivity contribution in [2.75, 3.05) is 0 Å². The Morgan fingerprint density at radius 1 is 0.655 bits per heavy atom. The summed E-state index contributed by atoms with van der Waals surface area (Å²) in [4.78, 5) is 34.8. The Kier molecular flexibility index (Phi) is 19.0. The van der Waals surface area contributed by atoms with Crippen LogP contribution in [-0.4, -0.2) is 28.8 Å². The lowest BCUT2D eigenvalue weighted by Crippen LogP contribution is -2.41. The molecule has 0 rings (SSSR count). The van der Waals surface area contributed by atoms with Crippen LogP contribution in [0.5, 0.6) is 0 Å². The van der Waals surface area contributed by atoms with E-state index in [0.717, 1.165) is 25.7 Å². The zero-order valence-corrected chi connectivity index (χ0v) is 19.0. The zero-order chi connectivity index (χ0) is 21.7. The summed E-state index contributed by atoms with van der Waals surface area (Å²) in [5.74, 6) is -1.22. The Morgan fingerprint density at radius 3 is 1.59 bits per heavy atom. The fourth-order valence-corrected chi connectivity index (χ4v) is 3.54. The highest BCUT2D eigenvalue weighted by Crippen LogP contribution is 2.13. The molecule has 0 aromatic heterocycles. The second-order valence-electron chi connectivity index (χ2n) is 8.28. The smallest absolute Gasteiger partial charge is 0.326 e. The molecule has 0 saturated heterocycles. The van der Waals surface area contributed by atoms with Crippen LogP contribution < -0.4 is 5.32 Å². The number of carboxylic acids is 1. The molecule has 0 aliphatic rings. The van der Waals surface area contributed by atoms with Gasteiger partial charge in [0.15, 0.2) is 0 Å². The topological polar surface area (TPSA) is 83.5 Å². The summed E-state index contributed by atoms with van der Waals surface area (Å²) in [5, 5.41) is 11.8. The van der Waals surface area contributed by atoms with Gasteiger partial charge in [-0.05, 0) is 19.3 Å². The van der Waals surface area contributed by atoms with Gasteiger partial charge in [-0.1, -0.05) is 90.9 Å². The summed E-state index contributed by atoms with van der Waals surface area (Å²) >= 11 is 0. The predicted molar refractivity (Wildman–Crippen MR) is 119 cm³/mol. The van der Waals surface area contributed by atoms with Gasteiger partial charge in [-0.15, -0.1) is 0 Å². The lowest BCUT2D eigenvalue weighted by atomic mass is 10.0. The fraction of sp³-hybridized carbons (Fsp3) is 0.875. The third-order valence-corrected chi connectivity index (χ3v) is 5.38. The molecule has 1 atom stereocenters. The number of carbonyl (C=O) groups excluding carboxylic acids is 2. The van der Waals surface area contributed by atoms with Crippen molar-refractivity contribution in [3.63, 3.8) is 0 Å². The average molecular weight is 412 g/mol. The maximum atomic E-state index is 12.0.